The van der Waals surface area contributed by atoms with Gasteiger partial charge in [-0.15, -0.1) is 0 Å². The lowest BCUT2D eigenvalue weighted by Crippen LogP contribution is -2.66. The van der Waals surface area contributed by atoms with Crippen LogP contribution in [0.15, 0.2) is 24.8 Å². The molecule has 1 amide bonds. The Bertz CT molecular complexity index is 2030. The summed E-state index contributed by atoms with van der Waals surface area (Å²) in [5.41, 5.74) is 12.1. The maximum Gasteiger partial charge on any atom is 0.422 e. The van der Waals surface area contributed by atoms with Crippen LogP contribution in [0.1, 0.15) is 66.7 Å². The zero-order valence-corrected chi connectivity index (χ0v) is 30.5. The van der Waals surface area contributed by atoms with Gasteiger partial charge in [-0.2, -0.15) is 18.2 Å². The number of nitrogens with two attached hydrogens (primary N) is 1. The summed E-state index contributed by atoms with van der Waals surface area (Å²) < 4.78 is 48.3. The number of hydrogen-bond acceptors (Lipinski definition) is 9. The summed E-state index contributed by atoms with van der Waals surface area (Å²) in [6, 6.07) is 4.30. The number of likely N-dealkylation sites (tertiary alicyclic amines) is 2. The summed E-state index contributed by atoms with van der Waals surface area (Å²) in [7, 11) is 0. The second-order valence-corrected chi connectivity index (χ2v) is 16.8. The molecule has 0 bridgehead atoms. The highest BCUT2D eigenvalue weighted by atomic mass is 19.4. The maximum absolute atomic E-state index is 14.1. The smallest absolute Gasteiger partial charge is 0.422 e. The Morgan fingerprint density at radius 2 is 1.70 bits per heavy atom. The summed E-state index contributed by atoms with van der Waals surface area (Å²) in [5.74, 6) is 1.34. The van der Waals surface area contributed by atoms with Gasteiger partial charge in [-0.1, -0.05) is 6.58 Å². The van der Waals surface area contributed by atoms with Crippen LogP contribution in [0.25, 0.3) is 22.0 Å². The lowest BCUT2D eigenvalue weighted by atomic mass is 9.72. The van der Waals surface area contributed by atoms with Crippen LogP contribution in [0, 0.1) is 30.1 Å². The molecule has 2 aliphatic carbocycles. The van der Waals surface area contributed by atoms with E-state index in [1.54, 1.807) is 0 Å². The highest BCUT2D eigenvalue weighted by Gasteiger charge is 2.55. The van der Waals surface area contributed by atoms with Crippen LogP contribution in [-0.2, 0) is 4.79 Å². The summed E-state index contributed by atoms with van der Waals surface area (Å²) in [5, 5.41) is 9.04. The molecule has 2 spiro atoms. The molecule has 4 aliphatic heterocycles. The SMILES string of the molecule is C=CC(=O)N1CC2(CCN(c3nc(N4CC(N5CC6(CC6)C5)C4)nc4c(OCC(F)(F)F)c(-c5c(C)c(C)cc(N)c5C=N)c(C5CC5)cc34)CC2)C1. The molecule has 3 N–H and O–H groups in total. The number of carbonyl (C=O) groups excluding carboxylic acids is 1. The fourth-order valence-electron chi connectivity index (χ4n) is 9.29. The molecule has 6 aliphatic rings. The number of fused-ring (bicyclic) bond motifs is 1. The maximum atomic E-state index is 14.1. The van der Waals surface area contributed by atoms with Crippen molar-refractivity contribution < 1.29 is 22.7 Å². The van der Waals surface area contributed by atoms with Crippen molar-refractivity contribution in [3.63, 3.8) is 0 Å². The lowest BCUT2D eigenvalue weighted by molar-refractivity contribution is -0.153. The first-order chi connectivity index (χ1) is 25.3. The molecule has 53 heavy (non-hydrogen) atoms. The summed E-state index contributed by atoms with van der Waals surface area (Å²) >= 11 is 0. The average molecular weight is 729 g/mol. The normalized spacial score (nSPS) is 22.1. The second kappa shape index (κ2) is 12.1. The predicted molar refractivity (Wildman–Crippen MR) is 200 cm³/mol. The molecule has 0 atom stereocenters. The highest BCUT2D eigenvalue weighted by Crippen LogP contribution is 2.55. The van der Waals surface area contributed by atoms with E-state index in [1.807, 2.05) is 24.8 Å². The Kier molecular flexibility index (Phi) is 7.82. The van der Waals surface area contributed by atoms with Crippen molar-refractivity contribution in [2.24, 2.45) is 10.8 Å². The number of piperidine rings is 1. The number of rotatable bonds is 9. The van der Waals surface area contributed by atoms with Crippen molar-refractivity contribution in [2.45, 2.75) is 70.5 Å². The van der Waals surface area contributed by atoms with E-state index in [2.05, 4.69) is 27.3 Å². The van der Waals surface area contributed by atoms with Gasteiger partial charge in [0.1, 0.15) is 11.3 Å². The van der Waals surface area contributed by atoms with Crippen LogP contribution < -0.4 is 20.3 Å². The Morgan fingerprint density at radius 3 is 2.30 bits per heavy atom. The number of aromatic nitrogens is 2. The van der Waals surface area contributed by atoms with Gasteiger partial charge < -0.3 is 30.6 Å². The van der Waals surface area contributed by atoms with Crippen molar-refractivity contribution in [2.75, 3.05) is 74.5 Å². The minimum Gasteiger partial charge on any atom is -0.481 e. The molecule has 6 fully saturated rings. The van der Waals surface area contributed by atoms with Gasteiger partial charge in [0.05, 0.1) is 0 Å². The molecule has 4 saturated heterocycles. The van der Waals surface area contributed by atoms with Gasteiger partial charge >= 0.3 is 6.18 Å². The van der Waals surface area contributed by atoms with E-state index < -0.39 is 12.8 Å². The molecular formula is C40H47F3N8O2. The van der Waals surface area contributed by atoms with Gasteiger partial charge in [0.25, 0.3) is 0 Å². The van der Waals surface area contributed by atoms with Crippen LogP contribution in [-0.4, -0.2) is 103 Å². The number of carbonyl (C=O) groups is 1. The predicted octanol–water partition coefficient (Wildman–Crippen LogP) is 6.21. The highest BCUT2D eigenvalue weighted by molar-refractivity contribution is 6.05. The molecule has 1 aromatic heterocycles. The van der Waals surface area contributed by atoms with Crippen LogP contribution in [0.5, 0.6) is 5.75 Å². The van der Waals surface area contributed by atoms with E-state index in [1.165, 1.54) is 25.1 Å². The van der Waals surface area contributed by atoms with E-state index in [9.17, 15) is 18.0 Å². The number of nitrogens with one attached hydrogen (secondary N) is 1. The fraction of sp³-hybridized carbons (Fsp3) is 0.550. The summed E-state index contributed by atoms with van der Waals surface area (Å²) in [4.78, 5) is 31.4. The molecule has 2 saturated carbocycles. The lowest BCUT2D eigenvalue weighted by Gasteiger charge is -2.54. The Morgan fingerprint density at radius 1 is 1.02 bits per heavy atom. The third-order valence-electron chi connectivity index (χ3n) is 13.0. The zero-order valence-electron chi connectivity index (χ0n) is 30.5. The zero-order chi connectivity index (χ0) is 37.0. The largest absolute Gasteiger partial charge is 0.481 e. The fourth-order valence-corrected chi connectivity index (χ4v) is 9.29. The number of hydrogen-bond donors (Lipinski definition) is 2. The summed E-state index contributed by atoms with van der Waals surface area (Å²) in [6.07, 6.45) is 4.12. The number of alkyl halides is 3. The molecule has 9 rings (SSSR count). The van der Waals surface area contributed by atoms with Gasteiger partial charge in [-0.25, -0.2) is 4.98 Å². The van der Waals surface area contributed by atoms with Crippen molar-refractivity contribution in [1.82, 2.24) is 19.8 Å². The second-order valence-electron chi connectivity index (χ2n) is 16.8. The first-order valence-corrected chi connectivity index (χ1v) is 18.9. The van der Waals surface area contributed by atoms with Gasteiger partial charge in [0.15, 0.2) is 12.4 Å². The number of benzene rings is 2. The van der Waals surface area contributed by atoms with E-state index in [-0.39, 0.29) is 23.0 Å². The van der Waals surface area contributed by atoms with Gasteiger partial charge in [-0.05, 0) is 104 Å². The summed E-state index contributed by atoms with van der Waals surface area (Å²) in [6.45, 7) is 12.6. The minimum atomic E-state index is -4.59. The molecule has 5 heterocycles. The van der Waals surface area contributed by atoms with E-state index >= 15 is 0 Å². The van der Waals surface area contributed by atoms with Crippen LogP contribution >= 0.6 is 0 Å². The molecule has 10 nitrogen and oxygen atoms in total. The molecule has 3 aromatic rings. The molecule has 280 valence electrons. The Balaban J connectivity index is 1.18. The number of nitrogens with zero attached hydrogens (tertiary/aromatic N) is 6. The minimum absolute atomic E-state index is 0.0424. The first-order valence-electron chi connectivity index (χ1n) is 18.9. The average Bonchev–Trinajstić information content (AvgIpc) is 4.01. The molecule has 0 radical (unpaired) electrons. The number of ether oxygens (including phenoxy) is 1. The quantitative estimate of drug-likeness (QED) is 0.152. The van der Waals surface area contributed by atoms with Crippen molar-refractivity contribution in [3.8, 4) is 16.9 Å². The van der Waals surface area contributed by atoms with E-state index in [0.717, 1.165) is 68.6 Å². The van der Waals surface area contributed by atoms with Crippen LogP contribution in [0.4, 0.5) is 30.6 Å². The van der Waals surface area contributed by atoms with Crippen LogP contribution in [0.3, 0.4) is 0 Å². The molecular weight excluding hydrogens is 681 g/mol. The molecule has 2 aromatic carbocycles. The first kappa shape index (κ1) is 34.4. The van der Waals surface area contributed by atoms with E-state index in [4.69, 9.17) is 25.8 Å². The standard InChI is InChI=1S/C40H47F3N8O2/c1-4-31(52)51-20-39(21-51)9-11-48(12-10-39)36-28-14-27(25-5-6-25)33(32-24(3)23(2)13-30(45)29(32)15-44)35(53-22-40(41,42)43)34(28)46-37(47-36)49-16-26(17-49)50-18-38(19-50)7-8-38/h4,13-15,25-26,44H,1,5-12,16-22,45H2,2-3H3. The molecule has 13 heteroatoms. The number of halogens is 3. The van der Waals surface area contributed by atoms with Crippen molar-refractivity contribution in [1.29, 1.82) is 5.41 Å². The third kappa shape index (κ3) is 5.90. The topological polar surface area (TPSA) is 115 Å². The van der Waals surface area contributed by atoms with Crippen LogP contribution in [0.2, 0.25) is 0 Å². The van der Waals surface area contributed by atoms with Gasteiger partial charge in [0, 0.05) is 92.2 Å². The third-order valence-corrected chi connectivity index (χ3v) is 13.0. The van der Waals surface area contributed by atoms with Crippen molar-refractivity contribution >= 4 is 40.5 Å². The number of amides is 1. The van der Waals surface area contributed by atoms with Gasteiger partial charge in [0.2, 0.25) is 11.9 Å². The number of nitrogen functional groups attached to an aromatic ring is 1. The van der Waals surface area contributed by atoms with Crippen molar-refractivity contribution in [3.05, 3.63) is 47.0 Å². The Labute approximate surface area is 307 Å². The molecule has 0 unspecified atom stereocenters. The van der Waals surface area contributed by atoms with Gasteiger partial charge in [-0.3, -0.25) is 9.69 Å². The monoisotopic (exact) mass is 728 g/mol. The number of aryl methyl sites for hydroxylation is 1. The van der Waals surface area contributed by atoms with E-state index in [0.29, 0.717) is 82.7 Å². The number of anilines is 3. The Hall–Kier alpha value is -4.39.